The molecule has 0 bridgehead atoms. The molecule has 1 fully saturated rings. The van der Waals surface area contributed by atoms with Crippen molar-refractivity contribution in [3.8, 4) is 0 Å². The van der Waals surface area contributed by atoms with Crippen molar-refractivity contribution < 1.29 is 19.4 Å². The Hall–Kier alpha value is -1.59. The molecule has 19 heavy (non-hydrogen) atoms. The van der Waals surface area contributed by atoms with Crippen LogP contribution >= 0.6 is 0 Å². The molecule has 1 aromatic carbocycles. The molecule has 2 rings (SSSR count). The summed E-state index contributed by atoms with van der Waals surface area (Å²) in [7, 11) is 1.62. The van der Waals surface area contributed by atoms with Crippen LogP contribution in [0.25, 0.3) is 0 Å². The molecule has 2 N–H and O–H groups in total. The maximum Gasteiger partial charge on any atom is 0.407 e. The van der Waals surface area contributed by atoms with Crippen LogP contribution in [-0.4, -0.2) is 36.6 Å². The molecule has 0 aromatic heterocycles. The molecule has 0 spiro atoms. The molecule has 0 radical (unpaired) electrons. The van der Waals surface area contributed by atoms with Gasteiger partial charge in [0.1, 0.15) is 6.61 Å². The quantitative estimate of drug-likeness (QED) is 0.845. The van der Waals surface area contributed by atoms with Crippen LogP contribution in [0, 0.1) is 0 Å². The summed E-state index contributed by atoms with van der Waals surface area (Å²) in [6, 6.07) is 9.46. The van der Waals surface area contributed by atoms with Crippen molar-refractivity contribution >= 4 is 6.09 Å². The summed E-state index contributed by atoms with van der Waals surface area (Å²) in [6.45, 7) is 0.120. The van der Waals surface area contributed by atoms with Gasteiger partial charge in [0.15, 0.2) is 0 Å². The van der Waals surface area contributed by atoms with Crippen molar-refractivity contribution in [2.45, 2.75) is 31.1 Å². The zero-order valence-corrected chi connectivity index (χ0v) is 11.0. The Morgan fingerprint density at radius 1 is 1.42 bits per heavy atom. The molecule has 1 saturated carbocycles. The molecular formula is C14H19NO4. The Kier molecular flexibility index (Phi) is 4.39. The summed E-state index contributed by atoms with van der Waals surface area (Å²) in [4.78, 5) is 11.7. The Bertz CT molecular complexity index is 415. The fraction of sp³-hybridized carbons (Fsp3) is 0.500. The summed E-state index contributed by atoms with van der Waals surface area (Å²) in [5, 5.41) is 12.1. The van der Waals surface area contributed by atoms with E-state index in [0.717, 1.165) is 5.56 Å². The summed E-state index contributed by atoms with van der Waals surface area (Å²) in [6.07, 6.45) is 0.815. The molecule has 0 heterocycles. The van der Waals surface area contributed by atoms with E-state index in [-0.39, 0.29) is 19.3 Å². The lowest BCUT2D eigenvalue weighted by Gasteiger charge is -2.45. The van der Waals surface area contributed by atoms with Crippen molar-refractivity contribution in [2.24, 2.45) is 0 Å². The number of carbonyl (C=O) groups excluding carboxylic acids is 1. The van der Waals surface area contributed by atoms with Crippen molar-refractivity contribution in [1.82, 2.24) is 5.32 Å². The molecule has 5 nitrogen and oxygen atoms in total. The topological polar surface area (TPSA) is 67.8 Å². The number of amides is 1. The van der Waals surface area contributed by atoms with Gasteiger partial charge in [-0.05, 0) is 18.4 Å². The minimum atomic E-state index is -0.589. The van der Waals surface area contributed by atoms with Crippen molar-refractivity contribution in [3.05, 3.63) is 35.9 Å². The van der Waals surface area contributed by atoms with Gasteiger partial charge >= 0.3 is 6.09 Å². The lowest BCUT2D eigenvalue weighted by molar-refractivity contribution is -0.0511. The van der Waals surface area contributed by atoms with Crippen LogP contribution in [0.5, 0.6) is 0 Å². The predicted octanol–water partition coefficient (Wildman–Crippen LogP) is 1.45. The van der Waals surface area contributed by atoms with Gasteiger partial charge in [0.2, 0.25) is 0 Å². The number of hydrogen-bond donors (Lipinski definition) is 2. The minimum Gasteiger partial charge on any atom is -0.445 e. The van der Waals surface area contributed by atoms with Gasteiger partial charge in [-0.3, -0.25) is 0 Å². The molecule has 0 unspecified atom stereocenters. The van der Waals surface area contributed by atoms with E-state index >= 15 is 0 Å². The number of ether oxygens (including phenoxy) is 2. The number of benzene rings is 1. The van der Waals surface area contributed by atoms with Gasteiger partial charge in [0.25, 0.3) is 0 Å². The lowest BCUT2D eigenvalue weighted by Crippen LogP contribution is -2.62. The van der Waals surface area contributed by atoms with Gasteiger partial charge in [0.05, 0.1) is 18.2 Å². The normalized spacial score (nSPS) is 25.5. The van der Waals surface area contributed by atoms with Crippen molar-refractivity contribution in [2.75, 3.05) is 13.7 Å². The highest BCUT2D eigenvalue weighted by atomic mass is 16.5. The Morgan fingerprint density at radius 3 is 2.68 bits per heavy atom. The maximum absolute atomic E-state index is 11.7. The molecule has 5 heteroatoms. The molecule has 1 aromatic rings. The molecule has 104 valence electrons. The average molecular weight is 265 g/mol. The zero-order valence-electron chi connectivity index (χ0n) is 11.0. The first-order chi connectivity index (χ1) is 9.17. The Balaban J connectivity index is 1.78. The first kappa shape index (κ1) is 13.8. The molecule has 1 aliphatic rings. The number of aliphatic hydroxyl groups is 1. The lowest BCUT2D eigenvalue weighted by atomic mass is 9.75. The standard InChI is InChI=1S/C14H19NO4/c1-18-12-7-14(8-12,10-16)15-13(17)19-9-11-5-3-2-4-6-11/h2-6,12,16H,7-10H2,1H3,(H,15,17). The first-order valence-electron chi connectivity index (χ1n) is 6.30. The monoisotopic (exact) mass is 265 g/mol. The summed E-state index contributed by atoms with van der Waals surface area (Å²) in [5.41, 5.74) is 0.341. The second-order valence-corrected chi connectivity index (χ2v) is 4.89. The third kappa shape index (κ3) is 3.45. The smallest absolute Gasteiger partial charge is 0.407 e. The number of rotatable bonds is 5. The maximum atomic E-state index is 11.7. The van der Waals surface area contributed by atoms with Crippen molar-refractivity contribution in [3.63, 3.8) is 0 Å². The number of carbonyl (C=O) groups is 1. The highest BCUT2D eigenvalue weighted by Gasteiger charge is 2.45. The highest BCUT2D eigenvalue weighted by Crippen LogP contribution is 2.33. The fourth-order valence-electron chi connectivity index (χ4n) is 2.22. The highest BCUT2D eigenvalue weighted by molar-refractivity contribution is 5.68. The summed E-state index contributed by atoms with van der Waals surface area (Å²) in [5.74, 6) is 0. The van der Waals surface area contributed by atoms with Gasteiger partial charge in [-0.15, -0.1) is 0 Å². The SMILES string of the molecule is COC1CC(CO)(NC(=O)OCc2ccccc2)C1. The number of alkyl carbamates (subject to hydrolysis) is 1. The van der Waals surface area contributed by atoms with E-state index in [1.54, 1.807) is 7.11 Å². The van der Waals surface area contributed by atoms with E-state index in [1.807, 2.05) is 30.3 Å². The van der Waals surface area contributed by atoms with E-state index < -0.39 is 11.6 Å². The minimum absolute atomic E-state index is 0.0987. The molecule has 0 aliphatic heterocycles. The van der Waals surface area contributed by atoms with E-state index in [4.69, 9.17) is 9.47 Å². The Morgan fingerprint density at radius 2 is 2.11 bits per heavy atom. The van der Waals surface area contributed by atoms with Crippen LogP contribution in [0.1, 0.15) is 18.4 Å². The Labute approximate surface area is 112 Å². The van der Waals surface area contributed by atoms with E-state index in [1.165, 1.54) is 0 Å². The van der Waals surface area contributed by atoms with Crippen LogP contribution in [0.15, 0.2) is 30.3 Å². The number of aliphatic hydroxyl groups excluding tert-OH is 1. The third-order valence-corrected chi connectivity index (χ3v) is 3.45. The van der Waals surface area contributed by atoms with E-state index in [2.05, 4.69) is 5.32 Å². The predicted molar refractivity (Wildman–Crippen MR) is 69.6 cm³/mol. The molecular weight excluding hydrogens is 246 g/mol. The number of hydrogen-bond acceptors (Lipinski definition) is 4. The van der Waals surface area contributed by atoms with Crippen molar-refractivity contribution in [1.29, 1.82) is 0 Å². The van der Waals surface area contributed by atoms with Gasteiger partial charge in [-0.25, -0.2) is 4.79 Å². The zero-order chi connectivity index (χ0) is 13.7. The largest absolute Gasteiger partial charge is 0.445 e. The van der Waals surface area contributed by atoms with Gasteiger partial charge < -0.3 is 19.9 Å². The van der Waals surface area contributed by atoms with Gasteiger partial charge in [-0.1, -0.05) is 30.3 Å². The molecule has 1 aliphatic carbocycles. The number of methoxy groups -OCH3 is 1. The van der Waals surface area contributed by atoms with Crippen LogP contribution in [0.3, 0.4) is 0 Å². The second-order valence-electron chi connectivity index (χ2n) is 4.89. The van der Waals surface area contributed by atoms with Crippen LogP contribution < -0.4 is 5.32 Å². The molecule has 0 atom stereocenters. The number of nitrogens with one attached hydrogen (secondary N) is 1. The van der Waals surface area contributed by atoms with E-state index in [9.17, 15) is 9.90 Å². The first-order valence-corrected chi connectivity index (χ1v) is 6.30. The second kappa shape index (κ2) is 6.04. The van der Waals surface area contributed by atoms with Crippen LogP contribution in [-0.2, 0) is 16.1 Å². The van der Waals surface area contributed by atoms with E-state index in [0.29, 0.717) is 12.8 Å². The third-order valence-electron chi connectivity index (χ3n) is 3.45. The van der Waals surface area contributed by atoms with Crippen LogP contribution in [0.2, 0.25) is 0 Å². The van der Waals surface area contributed by atoms with Crippen LogP contribution in [0.4, 0.5) is 4.79 Å². The summed E-state index contributed by atoms with van der Waals surface area (Å²) >= 11 is 0. The molecule has 0 saturated heterocycles. The average Bonchev–Trinajstić information content (AvgIpc) is 2.41. The van der Waals surface area contributed by atoms with Gasteiger partial charge in [-0.2, -0.15) is 0 Å². The molecule has 1 amide bonds. The fourth-order valence-corrected chi connectivity index (χ4v) is 2.22. The summed E-state index contributed by atoms with van der Waals surface area (Å²) < 4.78 is 10.3. The van der Waals surface area contributed by atoms with Gasteiger partial charge in [0, 0.05) is 7.11 Å².